The Labute approximate surface area is 141 Å². The van der Waals surface area contributed by atoms with E-state index in [0.717, 1.165) is 0 Å². The normalized spacial score (nSPS) is 11.4. The Bertz CT molecular complexity index is 942. The number of rotatable bonds is 4. The Balaban J connectivity index is 1.95. The van der Waals surface area contributed by atoms with Crippen LogP contribution in [0.15, 0.2) is 51.8 Å². The van der Waals surface area contributed by atoms with E-state index in [1.54, 1.807) is 43.3 Å². The number of aromatic amines is 1. The molecular formula is C14H11BrN5O2S-. The molecule has 23 heavy (non-hydrogen) atoms. The summed E-state index contributed by atoms with van der Waals surface area (Å²) < 4.78 is 29.6. The van der Waals surface area contributed by atoms with Gasteiger partial charge in [0.05, 0.1) is 4.90 Å². The Hall–Kier alpha value is -2.26. The highest BCUT2D eigenvalue weighted by atomic mass is 79.9. The first kappa shape index (κ1) is 15.6. The zero-order chi connectivity index (χ0) is 16.4. The minimum Gasteiger partial charge on any atom is -0.573 e. The fourth-order valence-electron chi connectivity index (χ4n) is 2.03. The van der Waals surface area contributed by atoms with Gasteiger partial charge < -0.3 is 4.72 Å². The zero-order valence-corrected chi connectivity index (χ0v) is 14.3. The molecule has 1 aromatic heterocycles. The number of tetrazole rings is 1. The lowest BCUT2D eigenvalue weighted by Crippen LogP contribution is -2.00. The van der Waals surface area contributed by atoms with Crippen molar-refractivity contribution in [1.29, 1.82) is 0 Å². The van der Waals surface area contributed by atoms with Crippen LogP contribution in [0.2, 0.25) is 0 Å². The summed E-state index contributed by atoms with van der Waals surface area (Å²) in [4.78, 5) is 0.164. The third-order valence-electron chi connectivity index (χ3n) is 3.10. The minimum atomic E-state index is -3.82. The number of sulfonamides is 1. The topological polar surface area (TPSA) is 103 Å². The van der Waals surface area contributed by atoms with Crippen molar-refractivity contribution in [3.05, 3.63) is 57.2 Å². The van der Waals surface area contributed by atoms with E-state index in [1.807, 2.05) is 0 Å². The third kappa shape index (κ3) is 3.40. The molecule has 0 amide bonds. The van der Waals surface area contributed by atoms with E-state index in [1.165, 1.54) is 6.07 Å². The number of nitrogens with zero attached hydrogens (tertiary/aromatic N) is 4. The lowest BCUT2D eigenvalue weighted by Gasteiger charge is -2.23. The van der Waals surface area contributed by atoms with Gasteiger partial charge in [0, 0.05) is 10.0 Å². The molecule has 0 unspecified atom stereocenters. The van der Waals surface area contributed by atoms with Gasteiger partial charge >= 0.3 is 0 Å². The summed E-state index contributed by atoms with van der Waals surface area (Å²) in [6.45, 7) is 1.73. The van der Waals surface area contributed by atoms with Crippen LogP contribution in [0.5, 0.6) is 0 Å². The molecular weight excluding hydrogens is 382 g/mol. The summed E-state index contributed by atoms with van der Waals surface area (Å²) in [6, 6.07) is 11.7. The first-order valence-electron chi connectivity index (χ1n) is 6.54. The van der Waals surface area contributed by atoms with Crippen molar-refractivity contribution in [2.45, 2.75) is 11.8 Å². The first-order chi connectivity index (χ1) is 11.0. The van der Waals surface area contributed by atoms with Crippen molar-refractivity contribution < 1.29 is 8.42 Å². The fourth-order valence-corrected chi connectivity index (χ4v) is 3.78. The van der Waals surface area contributed by atoms with Crippen molar-refractivity contribution in [2.75, 3.05) is 0 Å². The summed E-state index contributed by atoms with van der Waals surface area (Å²) in [7, 11) is -3.82. The molecule has 0 radical (unpaired) electrons. The van der Waals surface area contributed by atoms with E-state index in [0.29, 0.717) is 27.1 Å². The van der Waals surface area contributed by atoms with Crippen LogP contribution in [0.3, 0.4) is 0 Å². The number of aryl methyl sites for hydroxylation is 1. The van der Waals surface area contributed by atoms with Crippen LogP contribution in [-0.2, 0) is 10.0 Å². The minimum absolute atomic E-state index is 0.164. The first-order valence-corrected chi connectivity index (χ1v) is 8.77. The molecule has 1 heterocycles. The molecule has 0 atom stereocenters. The second kappa shape index (κ2) is 6.09. The second-order valence-electron chi connectivity index (χ2n) is 4.76. The summed E-state index contributed by atoms with van der Waals surface area (Å²) in [6.07, 6.45) is 0. The lowest BCUT2D eigenvalue weighted by molar-refractivity contribution is 0.602. The quantitative estimate of drug-likeness (QED) is 0.733. The van der Waals surface area contributed by atoms with Gasteiger partial charge in [0.15, 0.2) is 0 Å². The van der Waals surface area contributed by atoms with Crippen molar-refractivity contribution in [3.63, 3.8) is 0 Å². The van der Waals surface area contributed by atoms with E-state index >= 15 is 0 Å². The van der Waals surface area contributed by atoms with Gasteiger partial charge in [-0.25, -0.2) is 8.42 Å². The monoisotopic (exact) mass is 392 g/mol. The Morgan fingerprint density at radius 1 is 1.17 bits per heavy atom. The van der Waals surface area contributed by atoms with Crippen molar-refractivity contribution in [1.82, 2.24) is 20.6 Å². The van der Waals surface area contributed by atoms with E-state index < -0.39 is 10.0 Å². The molecule has 0 spiro atoms. The highest BCUT2D eigenvalue weighted by Crippen LogP contribution is 2.32. The lowest BCUT2D eigenvalue weighted by atomic mass is 10.2. The highest BCUT2D eigenvalue weighted by molar-refractivity contribution is 9.10. The molecule has 0 bridgehead atoms. The average molecular weight is 393 g/mol. The van der Waals surface area contributed by atoms with Gasteiger partial charge in [-0.1, -0.05) is 46.3 Å². The van der Waals surface area contributed by atoms with Crippen LogP contribution in [0.25, 0.3) is 16.1 Å². The van der Waals surface area contributed by atoms with E-state index in [2.05, 4.69) is 41.3 Å². The maximum absolute atomic E-state index is 12.5. The second-order valence-corrected chi connectivity index (χ2v) is 7.25. The zero-order valence-electron chi connectivity index (χ0n) is 11.9. The molecule has 0 saturated carbocycles. The van der Waals surface area contributed by atoms with Gasteiger partial charge in [-0.3, -0.25) is 0 Å². The fraction of sp³-hybridized carbons (Fsp3) is 0.0714. The molecule has 1 N–H and O–H groups in total. The Morgan fingerprint density at radius 2 is 2.00 bits per heavy atom. The predicted octanol–water partition coefficient (Wildman–Crippen LogP) is 3.33. The van der Waals surface area contributed by atoms with Crippen LogP contribution in [-0.4, -0.2) is 29.0 Å². The Morgan fingerprint density at radius 3 is 2.74 bits per heavy atom. The number of nitrogens with one attached hydrogen (secondary N) is 1. The van der Waals surface area contributed by atoms with Crippen molar-refractivity contribution in [3.8, 4) is 11.4 Å². The summed E-state index contributed by atoms with van der Waals surface area (Å²) in [5.41, 5.74) is 1.55. The summed E-state index contributed by atoms with van der Waals surface area (Å²) in [5.74, 6) is 0.373. The maximum atomic E-state index is 12.5. The SMILES string of the molecule is Cc1ccc(Br)cc1S(=O)(=O)[N-]c1cccc(-c2nn[nH]n2)c1. The van der Waals surface area contributed by atoms with E-state index in [4.69, 9.17) is 0 Å². The smallest absolute Gasteiger partial charge is 0.204 e. The van der Waals surface area contributed by atoms with Crippen LogP contribution in [0.1, 0.15) is 5.56 Å². The molecule has 0 aliphatic rings. The molecule has 7 nitrogen and oxygen atoms in total. The highest BCUT2D eigenvalue weighted by Gasteiger charge is 2.10. The molecule has 118 valence electrons. The molecule has 2 aromatic carbocycles. The molecule has 9 heteroatoms. The average Bonchev–Trinajstić information content (AvgIpc) is 3.04. The number of aromatic nitrogens is 4. The number of H-pyrrole nitrogens is 1. The van der Waals surface area contributed by atoms with Crippen molar-refractivity contribution in [2.24, 2.45) is 0 Å². The van der Waals surface area contributed by atoms with Crippen molar-refractivity contribution >= 4 is 31.6 Å². The number of halogens is 1. The molecule has 3 rings (SSSR count). The summed E-state index contributed by atoms with van der Waals surface area (Å²) >= 11 is 3.28. The van der Waals surface area contributed by atoms with Crippen LogP contribution in [0, 0.1) is 6.92 Å². The van der Waals surface area contributed by atoms with Crippen LogP contribution >= 0.6 is 15.9 Å². The van der Waals surface area contributed by atoms with Gasteiger partial charge in [-0.2, -0.15) is 5.21 Å². The number of benzene rings is 2. The molecule has 0 aliphatic carbocycles. The van der Waals surface area contributed by atoms with Crippen LogP contribution < -0.4 is 0 Å². The molecule has 3 aromatic rings. The molecule has 0 aliphatic heterocycles. The van der Waals surface area contributed by atoms with Gasteiger partial charge in [0.2, 0.25) is 5.82 Å². The van der Waals surface area contributed by atoms with Gasteiger partial charge in [-0.05, 0) is 29.8 Å². The van der Waals surface area contributed by atoms with Gasteiger partial charge in [0.25, 0.3) is 0 Å². The Kier molecular flexibility index (Phi) is 4.14. The molecule has 0 fully saturated rings. The largest absolute Gasteiger partial charge is 0.573 e. The maximum Gasteiger partial charge on any atom is 0.204 e. The number of hydrogen-bond donors (Lipinski definition) is 1. The van der Waals surface area contributed by atoms with E-state index in [-0.39, 0.29) is 4.90 Å². The predicted molar refractivity (Wildman–Crippen MR) is 88.7 cm³/mol. The standard InChI is InChI=1S/C14H11BrN5O2S/c1-9-5-6-11(15)8-13(9)23(21,22)18-12-4-2-3-10(7-12)14-16-19-20-17-14/h2-8H,1H3,(H,16,17,19,20)/q-1. The van der Waals surface area contributed by atoms with Gasteiger partial charge in [-0.15, -0.1) is 15.9 Å². The van der Waals surface area contributed by atoms with Crippen LogP contribution in [0.4, 0.5) is 5.69 Å². The number of hydrogen-bond acceptors (Lipinski definition) is 5. The molecule has 0 saturated heterocycles. The third-order valence-corrected chi connectivity index (χ3v) is 5.04. The summed E-state index contributed by atoms with van der Waals surface area (Å²) in [5, 5.41) is 13.6. The van der Waals surface area contributed by atoms with E-state index in [9.17, 15) is 8.42 Å². The van der Waals surface area contributed by atoms with Gasteiger partial charge in [0.1, 0.15) is 10.0 Å².